The van der Waals surface area contributed by atoms with Gasteiger partial charge in [-0.1, -0.05) is 32.4 Å². The van der Waals surface area contributed by atoms with Crippen molar-refractivity contribution in [1.29, 1.82) is 0 Å². The third-order valence-corrected chi connectivity index (χ3v) is 7.35. The average molecular weight is 682 g/mol. The normalized spacial score (nSPS) is 14.6. The minimum absolute atomic E-state index is 0.0203. The van der Waals surface area contributed by atoms with E-state index in [0.717, 1.165) is 0 Å². The molecule has 48 heavy (non-hydrogen) atoms. The van der Waals surface area contributed by atoms with Crippen molar-refractivity contribution in [2.24, 2.45) is 11.7 Å². The first kappa shape index (κ1) is 40.8. The van der Waals surface area contributed by atoms with Gasteiger partial charge in [0.25, 0.3) is 0 Å². The number of amides is 4. The van der Waals surface area contributed by atoms with Crippen molar-refractivity contribution < 1.29 is 63.9 Å². The van der Waals surface area contributed by atoms with E-state index in [2.05, 4.69) is 21.3 Å². The summed E-state index contributed by atoms with van der Waals surface area (Å²) in [6, 6.07) is -1.67. The Kier molecular flexibility index (Phi) is 17.1. The van der Waals surface area contributed by atoms with E-state index in [1.807, 2.05) is 0 Å². The lowest BCUT2D eigenvalue weighted by molar-refractivity contribution is -0.144. The van der Waals surface area contributed by atoms with Crippen LogP contribution < -0.4 is 27.0 Å². The number of phenols is 1. The number of aliphatic carboxylic acids is 4. The van der Waals surface area contributed by atoms with E-state index in [9.17, 15) is 58.8 Å². The number of carbonyl (C=O) groups excluding carboxylic acids is 4. The first-order chi connectivity index (χ1) is 22.4. The number of phenolic OH excluding ortho intramolecular Hbond substituents is 1. The highest BCUT2D eigenvalue weighted by Crippen LogP contribution is 2.12. The Morgan fingerprint density at radius 3 is 1.38 bits per heavy atom. The summed E-state index contributed by atoms with van der Waals surface area (Å²) in [7, 11) is 0. The highest BCUT2D eigenvalue weighted by atomic mass is 16.4. The molecule has 11 N–H and O–H groups in total. The Labute approximate surface area is 275 Å². The van der Waals surface area contributed by atoms with Gasteiger partial charge in [0, 0.05) is 19.3 Å². The molecular formula is C30H43N5O13. The summed E-state index contributed by atoms with van der Waals surface area (Å²) in [5.41, 5.74) is 6.53. The highest BCUT2D eigenvalue weighted by Gasteiger charge is 2.33. The molecule has 18 heteroatoms. The van der Waals surface area contributed by atoms with E-state index in [1.54, 1.807) is 13.8 Å². The largest absolute Gasteiger partial charge is 0.508 e. The zero-order valence-electron chi connectivity index (χ0n) is 26.5. The van der Waals surface area contributed by atoms with E-state index in [0.29, 0.717) is 12.0 Å². The summed E-state index contributed by atoms with van der Waals surface area (Å²) in [5.74, 6) is -10.1. The third-order valence-electron chi connectivity index (χ3n) is 7.35. The Hall–Kier alpha value is -5.26. The molecule has 0 aliphatic heterocycles. The lowest BCUT2D eigenvalue weighted by Crippen LogP contribution is -2.59. The van der Waals surface area contributed by atoms with Crippen molar-refractivity contribution in [3.8, 4) is 5.75 Å². The van der Waals surface area contributed by atoms with Gasteiger partial charge in [-0.2, -0.15) is 0 Å². The second kappa shape index (κ2) is 20.1. The van der Waals surface area contributed by atoms with Crippen LogP contribution in [0.3, 0.4) is 0 Å². The number of carboxylic acids is 4. The molecule has 0 saturated carbocycles. The van der Waals surface area contributed by atoms with E-state index < -0.39 is 122 Å². The lowest BCUT2D eigenvalue weighted by Gasteiger charge is -2.27. The molecule has 4 amide bonds. The van der Waals surface area contributed by atoms with E-state index in [1.165, 1.54) is 24.3 Å². The topological polar surface area (TPSA) is 312 Å². The summed E-state index contributed by atoms with van der Waals surface area (Å²) in [6.45, 7) is 3.24. The molecule has 0 spiro atoms. The molecule has 0 aromatic heterocycles. The molecule has 1 aromatic rings. The van der Waals surface area contributed by atoms with Crippen molar-refractivity contribution >= 4 is 47.5 Å². The van der Waals surface area contributed by atoms with Crippen molar-refractivity contribution in [2.45, 2.75) is 95.4 Å². The Bertz CT molecular complexity index is 1320. The number of rotatable bonds is 22. The summed E-state index contributed by atoms with van der Waals surface area (Å²) < 4.78 is 0. The van der Waals surface area contributed by atoms with Crippen molar-refractivity contribution in [1.82, 2.24) is 21.3 Å². The molecular weight excluding hydrogens is 638 g/mol. The molecule has 0 fully saturated rings. The van der Waals surface area contributed by atoms with Gasteiger partial charge in [-0.25, -0.2) is 4.79 Å². The number of hydrogen-bond donors (Lipinski definition) is 10. The molecule has 266 valence electrons. The van der Waals surface area contributed by atoms with E-state index in [-0.39, 0.29) is 12.2 Å². The number of hydrogen-bond acceptors (Lipinski definition) is 10. The minimum atomic E-state index is -1.67. The molecule has 0 saturated heterocycles. The Balaban J connectivity index is 3.22. The number of carboxylic acid groups (broad SMARTS) is 4. The van der Waals surface area contributed by atoms with Crippen LogP contribution in [0.4, 0.5) is 0 Å². The van der Waals surface area contributed by atoms with Crippen molar-refractivity contribution in [3.05, 3.63) is 29.8 Å². The molecule has 18 nitrogen and oxygen atoms in total. The van der Waals surface area contributed by atoms with Crippen LogP contribution in [-0.4, -0.2) is 103 Å². The fourth-order valence-electron chi connectivity index (χ4n) is 4.35. The number of carbonyl (C=O) groups is 8. The summed E-state index contributed by atoms with van der Waals surface area (Å²) in [4.78, 5) is 98.1. The second-order valence-electron chi connectivity index (χ2n) is 11.2. The maximum atomic E-state index is 13.3. The van der Waals surface area contributed by atoms with Gasteiger partial charge in [-0.15, -0.1) is 0 Å². The van der Waals surface area contributed by atoms with Gasteiger partial charge in [0.15, 0.2) is 0 Å². The number of aromatic hydroxyl groups is 1. The first-order valence-electron chi connectivity index (χ1n) is 15.1. The van der Waals surface area contributed by atoms with Gasteiger partial charge in [-0.3, -0.25) is 33.6 Å². The number of nitrogens with one attached hydrogen (secondary N) is 4. The van der Waals surface area contributed by atoms with Crippen LogP contribution in [0.2, 0.25) is 0 Å². The first-order valence-corrected chi connectivity index (χ1v) is 15.1. The van der Waals surface area contributed by atoms with Crippen molar-refractivity contribution in [3.63, 3.8) is 0 Å². The summed E-state index contributed by atoms with van der Waals surface area (Å²) in [5, 5.41) is 55.6. The predicted octanol–water partition coefficient (Wildman–Crippen LogP) is -1.07. The molecule has 1 rings (SSSR count). The van der Waals surface area contributed by atoms with Gasteiger partial charge in [0.2, 0.25) is 23.6 Å². The molecule has 1 aromatic carbocycles. The fraction of sp³-hybridized carbons (Fsp3) is 0.533. The highest BCUT2D eigenvalue weighted by molar-refractivity contribution is 5.96. The second-order valence-corrected chi connectivity index (χ2v) is 11.2. The van der Waals surface area contributed by atoms with Crippen LogP contribution in [0.15, 0.2) is 24.3 Å². The summed E-state index contributed by atoms with van der Waals surface area (Å²) >= 11 is 0. The number of benzene rings is 1. The van der Waals surface area contributed by atoms with Crippen LogP contribution in [0.25, 0.3) is 0 Å². The van der Waals surface area contributed by atoms with Crippen LogP contribution in [0.5, 0.6) is 5.75 Å². The molecule has 6 atom stereocenters. The predicted molar refractivity (Wildman–Crippen MR) is 165 cm³/mol. The maximum Gasteiger partial charge on any atom is 0.326 e. The average Bonchev–Trinajstić information content (AvgIpc) is 3.01. The SMILES string of the molecule is CC[C@H](C)[C@H](NC(=O)[C@H](CCC(=O)O)NC(=O)[C@H](CCC(=O)O)NC(=O)[C@H](CCC(=O)O)NC(=O)[C@@H](N)Cc1ccc(O)cc1)C(=O)O. The van der Waals surface area contributed by atoms with Crippen LogP contribution in [-0.2, 0) is 44.8 Å². The lowest BCUT2D eigenvalue weighted by atomic mass is 9.98. The maximum absolute atomic E-state index is 13.3. The molecule has 0 aliphatic rings. The van der Waals surface area contributed by atoms with Gasteiger partial charge < -0.3 is 52.5 Å². The van der Waals surface area contributed by atoms with E-state index in [4.69, 9.17) is 10.8 Å². The molecule has 0 radical (unpaired) electrons. The molecule has 0 aliphatic carbocycles. The monoisotopic (exact) mass is 681 g/mol. The molecule has 0 bridgehead atoms. The summed E-state index contributed by atoms with van der Waals surface area (Å²) in [6.07, 6.45) is -3.04. The van der Waals surface area contributed by atoms with Crippen molar-refractivity contribution in [2.75, 3.05) is 0 Å². The van der Waals surface area contributed by atoms with Crippen LogP contribution in [0.1, 0.15) is 64.4 Å². The van der Waals surface area contributed by atoms with Gasteiger partial charge >= 0.3 is 23.9 Å². The van der Waals surface area contributed by atoms with E-state index >= 15 is 0 Å². The molecule has 0 heterocycles. The smallest absolute Gasteiger partial charge is 0.326 e. The van der Waals surface area contributed by atoms with Gasteiger partial charge in [0.05, 0.1) is 6.04 Å². The third kappa shape index (κ3) is 14.9. The van der Waals surface area contributed by atoms with Crippen LogP contribution in [0, 0.1) is 5.92 Å². The van der Waals surface area contributed by atoms with Gasteiger partial charge in [-0.05, 0) is 49.3 Å². The quantitative estimate of drug-likeness (QED) is 0.0697. The zero-order chi connectivity index (χ0) is 36.6. The zero-order valence-corrected chi connectivity index (χ0v) is 26.5. The fourth-order valence-corrected chi connectivity index (χ4v) is 4.35. The Morgan fingerprint density at radius 1 is 0.646 bits per heavy atom. The van der Waals surface area contributed by atoms with Gasteiger partial charge in [0.1, 0.15) is 29.9 Å². The van der Waals surface area contributed by atoms with Crippen LogP contribution >= 0.6 is 0 Å². The molecule has 0 unspecified atom stereocenters. The standard InChI is InChI=1S/C30H43N5O13/c1-3-15(2)25(30(47)48)35-29(46)21(10-13-24(41)42)34-28(45)20(9-12-23(39)40)33-27(44)19(8-11-22(37)38)32-26(43)18(31)14-16-4-6-17(36)7-5-16/h4-7,15,18-21,25,36H,3,8-14,31H2,1-2H3,(H,32,43)(H,33,44)(H,34,45)(H,35,46)(H,37,38)(H,39,40)(H,41,42)(H,47,48)/t15-,18-,19-,20-,21-,25-/m0/s1. The minimum Gasteiger partial charge on any atom is -0.508 e. The Morgan fingerprint density at radius 2 is 1.02 bits per heavy atom. The number of nitrogens with two attached hydrogens (primary N) is 1.